The van der Waals surface area contributed by atoms with Gasteiger partial charge in [0.1, 0.15) is 0 Å². The van der Waals surface area contributed by atoms with Crippen LogP contribution in [0.15, 0.2) is 36.8 Å². The van der Waals surface area contributed by atoms with E-state index in [0.29, 0.717) is 24.7 Å². The minimum atomic E-state index is 0.0843. The van der Waals surface area contributed by atoms with Crippen LogP contribution in [0.4, 0.5) is 5.82 Å². The van der Waals surface area contributed by atoms with Gasteiger partial charge >= 0.3 is 0 Å². The maximum absolute atomic E-state index is 12.1. The third kappa shape index (κ3) is 4.16. The Labute approximate surface area is 130 Å². The van der Waals surface area contributed by atoms with Crippen LogP contribution in [0.5, 0.6) is 0 Å². The number of hydrogen-bond donors (Lipinski definition) is 1. The van der Waals surface area contributed by atoms with Crippen LogP contribution in [0.1, 0.15) is 44.1 Å². The van der Waals surface area contributed by atoms with E-state index in [-0.39, 0.29) is 5.91 Å². The summed E-state index contributed by atoms with van der Waals surface area (Å²) >= 11 is 0. The summed E-state index contributed by atoms with van der Waals surface area (Å²) in [5, 5.41) is 7.32. The molecule has 3 rings (SSSR count). The molecule has 116 valence electrons. The van der Waals surface area contributed by atoms with Gasteiger partial charge in [0.25, 0.3) is 0 Å². The molecule has 2 aromatic heterocycles. The van der Waals surface area contributed by atoms with Gasteiger partial charge < -0.3 is 5.32 Å². The maximum atomic E-state index is 12.1. The smallest absolute Gasteiger partial charge is 0.225 e. The summed E-state index contributed by atoms with van der Waals surface area (Å²) in [4.78, 5) is 16.1. The first-order valence-electron chi connectivity index (χ1n) is 8.02. The molecule has 1 N–H and O–H groups in total. The number of amides is 1. The zero-order chi connectivity index (χ0) is 15.2. The van der Waals surface area contributed by atoms with Gasteiger partial charge in [0.05, 0.1) is 6.54 Å². The lowest BCUT2D eigenvalue weighted by atomic mass is 9.87. The van der Waals surface area contributed by atoms with Crippen molar-refractivity contribution in [2.24, 2.45) is 5.92 Å². The summed E-state index contributed by atoms with van der Waals surface area (Å²) in [6, 6.07) is 5.77. The van der Waals surface area contributed by atoms with Crippen LogP contribution in [-0.2, 0) is 11.3 Å². The third-order valence-corrected chi connectivity index (χ3v) is 4.20. The van der Waals surface area contributed by atoms with Crippen molar-refractivity contribution in [1.29, 1.82) is 0 Å². The number of carbonyl (C=O) groups is 1. The van der Waals surface area contributed by atoms with Crippen LogP contribution in [0.3, 0.4) is 0 Å². The number of rotatable bonds is 5. The number of hydrogen-bond acceptors (Lipinski definition) is 3. The molecule has 1 saturated carbocycles. The van der Waals surface area contributed by atoms with Crippen molar-refractivity contribution in [1.82, 2.24) is 14.8 Å². The molecule has 0 bridgehead atoms. The molecule has 2 aromatic rings. The van der Waals surface area contributed by atoms with E-state index < -0.39 is 0 Å². The lowest BCUT2D eigenvalue weighted by Crippen LogP contribution is -2.18. The lowest BCUT2D eigenvalue weighted by Gasteiger charge is -2.20. The zero-order valence-corrected chi connectivity index (χ0v) is 12.7. The number of nitrogens with zero attached hydrogens (tertiary/aromatic N) is 3. The highest BCUT2D eigenvalue weighted by atomic mass is 16.1. The van der Waals surface area contributed by atoms with E-state index >= 15 is 0 Å². The standard InChI is InChI=1S/C17H22N4O/c22-17(12-14-4-2-1-3-5-14)19-16-8-11-21(20-16)13-15-6-9-18-10-7-15/h6-11,14H,1-5,12-13H2,(H,19,20,22). The summed E-state index contributed by atoms with van der Waals surface area (Å²) in [5.41, 5.74) is 1.14. The van der Waals surface area contributed by atoms with Crippen LogP contribution >= 0.6 is 0 Å². The van der Waals surface area contributed by atoms with E-state index in [1.54, 1.807) is 12.4 Å². The minimum absolute atomic E-state index is 0.0843. The number of aromatic nitrogens is 3. The Hall–Kier alpha value is -2.17. The van der Waals surface area contributed by atoms with Gasteiger partial charge in [-0.25, -0.2) is 0 Å². The molecule has 2 heterocycles. The van der Waals surface area contributed by atoms with Gasteiger partial charge in [-0.15, -0.1) is 0 Å². The Morgan fingerprint density at radius 3 is 2.73 bits per heavy atom. The van der Waals surface area contributed by atoms with E-state index in [4.69, 9.17) is 0 Å². The molecule has 1 amide bonds. The van der Waals surface area contributed by atoms with Crippen LogP contribution in [0.2, 0.25) is 0 Å². The first-order valence-corrected chi connectivity index (χ1v) is 8.02. The maximum Gasteiger partial charge on any atom is 0.225 e. The fraction of sp³-hybridized carbons (Fsp3) is 0.471. The van der Waals surface area contributed by atoms with Crippen molar-refractivity contribution in [3.05, 3.63) is 42.4 Å². The first kappa shape index (κ1) is 14.8. The second-order valence-electron chi connectivity index (χ2n) is 6.01. The predicted octanol–water partition coefficient (Wildman–Crippen LogP) is 3.24. The summed E-state index contributed by atoms with van der Waals surface area (Å²) in [7, 11) is 0. The summed E-state index contributed by atoms with van der Waals surface area (Å²) in [6.07, 6.45) is 12.3. The highest BCUT2D eigenvalue weighted by Gasteiger charge is 2.17. The molecular formula is C17H22N4O. The monoisotopic (exact) mass is 298 g/mol. The quantitative estimate of drug-likeness (QED) is 0.922. The highest BCUT2D eigenvalue weighted by Crippen LogP contribution is 2.26. The SMILES string of the molecule is O=C(CC1CCCCC1)Nc1ccn(Cc2ccncc2)n1. The van der Waals surface area contributed by atoms with Crippen LogP contribution in [0, 0.1) is 5.92 Å². The average molecular weight is 298 g/mol. The van der Waals surface area contributed by atoms with Crippen molar-refractivity contribution in [3.63, 3.8) is 0 Å². The van der Waals surface area contributed by atoms with Gasteiger partial charge in [0.2, 0.25) is 5.91 Å². The summed E-state index contributed by atoms with van der Waals surface area (Å²) in [5.74, 6) is 1.27. The molecule has 1 aliphatic carbocycles. The van der Waals surface area contributed by atoms with Crippen molar-refractivity contribution < 1.29 is 4.79 Å². The topological polar surface area (TPSA) is 59.8 Å². The minimum Gasteiger partial charge on any atom is -0.309 e. The molecule has 0 unspecified atom stereocenters. The van der Waals surface area contributed by atoms with E-state index in [1.165, 1.54) is 32.1 Å². The fourth-order valence-electron chi connectivity index (χ4n) is 3.04. The van der Waals surface area contributed by atoms with Crippen LogP contribution < -0.4 is 5.32 Å². The van der Waals surface area contributed by atoms with Gasteiger partial charge in [0.15, 0.2) is 5.82 Å². The molecule has 0 aliphatic heterocycles. The largest absolute Gasteiger partial charge is 0.309 e. The van der Waals surface area contributed by atoms with E-state index in [2.05, 4.69) is 15.4 Å². The van der Waals surface area contributed by atoms with Crippen LogP contribution in [-0.4, -0.2) is 20.7 Å². The Balaban J connectivity index is 1.51. The normalized spacial score (nSPS) is 15.6. The third-order valence-electron chi connectivity index (χ3n) is 4.20. The van der Waals surface area contributed by atoms with Crippen molar-refractivity contribution >= 4 is 11.7 Å². The fourth-order valence-corrected chi connectivity index (χ4v) is 3.04. The van der Waals surface area contributed by atoms with Gasteiger partial charge in [-0.3, -0.25) is 14.5 Å². The average Bonchev–Trinajstić information content (AvgIpc) is 2.96. The van der Waals surface area contributed by atoms with Gasteiger partial charge in [-0.05, 0) is 36.5 Å². The highest BCUT2D eigenvalue weighted by molar-refractivity contribution is 5.89. The first-order chi connectivity index (χ1) is 10.8. The summed E-state index contributed by atoms with van der Waals surface area (Å²) in [6.45, 7) is 0.682. The number of carbonyl (C=O) groups excluding carboxylic acids is 1. The van der Waals surface area contributed by atoms with Crippen molar-refractivity contribution in [2.75, 3.05) is 5.32 Å². The Morgan fingerprint density at radius 1 is 1.18 bits per heavy atom. The molecule has 0 saturated heterocycles. The zero-order valence-electron chi connectivity index (χ0n) is 12.7. The van der Waals surface area contributed by atoms with Crippen LogP contribution in [0.25, 0.3) is 0 Å². The molecule has 0 spiro atoms. The second kappa shape index (κ2) is 7.20. The number of anilines is 1. The molecular weight excluding hydrogens is 276 g/mol. The molecule has 0 aromatic carbocycles. The van der Waals surface area contributed by atoms with E-state index in [0.717, 1.165) is 5.56 Å². The Kier molecular flexibility index (Phi) is 4.83. The van der Waals surface area contributed by atoms with Gasteiger partial charge in [-0.2, -0.15) is 5.10 Å². The number of pyridine rings is 1. The molecule has 5 nitrogen and oxygen atoms in total. The van der Waals surface area contributed by atoms with Crippen molar-refractivity contribution in [2.45, 2.75) is 45.1 Å². The predicted molar refractivity (Wildman–Crippen MR) is 85.4 cm³/mol. The van der Waals surface area contributed by atoms with Crippen molar-refractivity contribution in [3.8, 4) is 0 Å². The Morgan fingerprint density at radius 2 is 1.95 bits per heavy atom. The second-order valence-corrected chi connectivity index (χ2v) is 6.01. The Bertz CT molecular complexity index is 602. The lowest BCUT2D eigenvalue weighted by molar-refractivity contribution is -0.117. The van der Waals surface area contributed by atoms with Gasteiger partial charge in [-0.1, -0.05) is 19.3 Å². The summed E-state index contributed by atoms with van der Waals surface area (Å²) < 4.78 is 1.82. The molecule has 1 aliphatic rings. The van der Waals surface area contributed by atoms with E-state index in [9.17, 15) is 4.79 Å². The van der Waals surface area contributed by atoms with Gasteiger partial charge in [0, 0.05) is 31.1 Å². The molecule has 0 atom stereocenters. The molecule has 5 heteroatoms. The molecule has 1 fully saturated rings. The molecule has 0 radical (unpaired) electrons. The molecule has 22 heavy (non-hydrogen) atoms. The van der Waals surface area contributed by atoms with E-state index in [1.807, 2.05) is 29.1 Å². The number of nitrogens with one attached hydrogen (secondary N) is 1.